The Labute approximate surface area is 194 Å². The van der Waals surface area contributed by atoms with Crippen LogP contribution in [0.4, 0.5) is 4.79 Å². The van der Waals surface area contributed by atoms with Crippen molar-refractivity contribution in [1.82, 2.24) is 10.6 Å². The van der Waals surface area contributed by atoms with E-state index < -0.39 is 18.1 Å². The molecule has 1 aliphatic carbocycles. The highest BCUT2D eigenvalue weighted by molar-refractivity contribution is 5.86. The standard InChI is InChI=1S/C26H32N2O5/c1-16(2)24(25(31)27-17(3)9-8-14-23(29)30)28-26(32)33-15-22-20-12-6-4-10-18(20)19-11-5-7-13-21(19)22/h4-7,10-13,16-17,22,24H,8-9,14-15H2,1-3H3,(H,27,31)(H,28,32)(H,29,30). The third-order valence-electron chi connectivity index (χ3n) is 5.98. The Morgan fingerprint density at radius 1 is 0.939 bits per heavy atom. The number of ether oxygens (including phenoxy) is 1. The Morgan fingerprint density at radius 2 is 1.52 bits per heavy atom. The summed E-state index contributed by atoms with van der Waals surface area (Å²) >= 11 is 0. The second-order valence-corrected chi connectivity index (χ2v) is 8.89. The second kappa shape index (κ2) is 11.0. The fraction of sp³-hybridized carbons (Fsp3) is 0.423. The SMILES string of the molecule is CC(CCCC(=O)O)NC(=O)C(NC(=O)OCC1c2ccccc2-c2ccccc21)C(C)C. The molecule has 7 nitrogen and oxygen atoms in total. The third kappa shape index (κ3) is 6.12. The predicted molar refractivity (Wildman–Crippen MR) is 126 cm³/mol. The zero-order chi connectivity index (χ0) is 24.0. The molecule has 0 bridgehead atoms. The van der Waals surface area contributed by atoms with Gasteiger partial charge in [0.2, 0.25) is 5.91 Å². The maximum absolute atomic E-state index is 12.7. The lowest BCUT2D eigenvalue weighted by Gasteiger charge is -2.24. The fourth-order valence-corrected chi connectivity index (χ4v) is 4.27. The Hall–Kier alpha value is -3.35. The molecule has 0 aliphatic heterocycles. The first kappa shape index (κ1) is 24.3. The molecule has 3 rings (SSSR count). The van der Waals surface area contributed by atoms with E-state index in [1.807, 2.05) is 45.0 Å². The Balaban J connectivity index is 1.57. The number of hydrogen-bond acceptors (Lipinski definition) is 4. The molecule has 0 saturated carbocycles. The van der Waals surface area contributed by atoms with Gasteiger partial charge in [-0.1, -0.05) is 62.4 Å². The van der Waals surface area contributed by atoms with Crippen molar-refractivity contribution in [2.45, 2.75) is 58.0 Å². The topological polar surface area (TPSA) is 105 Å². The number of carbonyl (C=O) groups excluding carboxylic acids is 2. The summed E-state index contributed by atoms with van der Waals surface area (Å²) in [6.07, 6.45) is 0.451. The zero-order valence-corrected chi connectivity index (χ0v) is 19.3. The van der Waals surface area contributed by atoms with Gasteiger partial charge in [-0.15, -0.1) is 0 Å². The summed E-state index contributed by atoms with van der Waals surface area (Å²) in [4.78, 5) is 36.0. The average molecular weight is 453 g/mol. The molecule has 176 valence electrons. The molecule has 2 amide bonds. The molecule has 0 saturated heterocycles. The van der Waals surface area contributed by atoms with Gasteiger partial charge in [-0.25, -0.2) is 4.79 Å². The lowest BCUT2D eigenvalue weighted by Crippen LogP contribution is -2.51. The van der Waals surface area contributed by atoms with E-state index in [4.69, 9.17) is 9.84 Å². The summed E-state index contributed by atoms with van der Waals surface area (Å²) in [6.45, 7) is 5.70. The number of benzene rings is 2. The number of aliphatic carboxylic acids is 1. The van der Waals surface area contributed by atoms with E-state index in [2.05, 4.69) is 34.9 Å². The van der Waals surface area contributed by atoms with Crippen LogP contribution in [0.25, 0.3) is 11.1 Å². The molecule has 2 unspecified atom stereocenters. The van der Waals surface area contributed by atoms with Crippen LogP contribution in [0.2, 0.25) is 0 Å². The van der Waals surface area contributed by atoms with E-state index in [9.17, 15) is 14.4 Å². The van der Waals surface area contributed by atoms with E-state index in [1.54, 1.807) is 0 Å². The van der Waals surface area contributed by atoms with Crippen molar-refractivity contribution in [2.75, 3.05) is 6.61 Å². The lowest BCUT2D eigenvalue weighted by atomic mass is 9.98. The van der Waals surface area contributed by atoms with Crippen LogP contribution in [0.3, 0.4) is 0 Å². The predicted octanol–water partition coefficient (Wildman–Crippen LogP) is 4.31. The van der Waals surface area contributed by atoms with Gasteiger partial charge in [0, 0.05) is 18.4 Å². The number of carboxylic acid groups (broad SMARTS) is 1. The van der Waals surface area contributed by atoms with Gasteiger partial charge in [0.05, 0.1) is 0 Å². The minimum atomic E-state index is -0.856. The molecule has 0 radical (unpaired) electrons. The second-order valence-electron chi connectivity index (χ2n) is 8.89. The average Bonchev–Trinajstić information content (AvgIpc) is 3.09. The molecule has 7 heteroatoms. The van der Waals surface area contributed by atoms with Crippen LogP contribution in [-0.4, -0.2) is 41.8 Å². The van der Waals surface area contributed by atoms with Gasteiger partial charge < -0.3 is 20.5 Å². The number of hydrogen-bond donors (Lipinski definition) is 3. The highest BCUT2D eigenvalue weighted by Gasteiger charge is 2.30. The van der Waals surface area contributed by atoms with E-state index in [-0.39, 0.29) is 36.8 Å². The van der Waals surface area contributed by atoms with Gasteiger partial charge in [0.15, 0.2) is 0 Å². The quantitative estimate of drug-likeness (QED) is 0.498. The van der Waals surface area contributed by atoms with Crippen LogP contribution in [-0.2, 0) is 14.3 Å². The molecule has 0 heterocycles. The summed E-state index contributed by atoms with van der Waals surface area (Å²) in [5.74, 6) is -1.35. The van der Waals surface area contributed by atoms with Crippen LogP contribution in [0.1, 0.15) is 57.1 Å². The van der Waals surface area contributed by atoms with E-state index in [0.29, 0.717) is 12.8 Å². The van der Waals surface area contributed by atoms with Crippen LogP contribution >= 0.6 is 0 Å². The summed E-state index contributed by atoms with van der Waals surface area (Å²) in [6, 6.07) is 15.3. The van der Waals surface area contributed by atoms with E-state index >= 15 is 0 Å². The largest absolute Gasteiger partial charge is 0.481 e. The summed E-state index contributed by atoms with van der Waals surface area (Å²) in [7, 11) is 0. The van der Waals surface area contributed by atoms with Crippen molar-refractivity contribution in [3.63, 3.8) is 0 Å². The number of nitrogens with one attached hydrogen (secondary N) is 2. The Kier molecular flexibility index (Phi) is 8.09. The number of alkyl carbamates (subject to hydrolysis) is 1. The van der Waals surface area contributed by atoms with Gasteiger partial charge in [-0.05, 0) is 47.9 Å². The number of rotatable bonds is 10. The number of fused-ring (bicyclic) bond motifs is 3. The molecular weight excluding hydrogens is 420 g/mol. The summed E-state index contributed by atoms with van der Waals surface area (Å²) in [5.41, 5.74) is 4.55. The first-order valence-corrected chi connectivity index (χ1v) is 11.4. The van der Waals surface area contributed by atoms with Crippen LogP contribution < -0.4 is 10.6 Å². The van der Waals surface area contributed by atoms with Gasteiger partial charge >= 0.3 is 12.1 Å². The molecule has 1 aliphatic rings. The van der Waals surface area contributed by atoms with Crippen LogP contribution in [0, 0.1) is 5.92 Å². The molecule has 0 aromatic heterocycles. The fourth-order valence-electron chi connectivity index (χ4n) is 4.27. The number of amides is 2. The Morgan fingerprint density at radius 3 is 2.06 bits per heavy atom. The molecule has 0 spiro atoms. The summed E-state index contributed by atoms with van der Waals surface area (Å²) < 4.78 is 5.57. The van der Waals surface area contributed by atoms with Gasteiger partial charge in [0.25, 0.3) is 0 Å². The van der Waals surface area contributed by atoms with Crippen LogP contribution in [0.5, 0.6) is 0 Å². The monoisotopic (exact) mass is 452 g/mol. The molecule has 2 aromatic carbocycles. The minimum Gasteiger partial charge on any atom is -0.481 e. The first-order chi connectivity index (χ1) is 15.8. The normalized spacial score (nSPS) is 14.2. The maximum atomic E-state index is 12.7. The number of carboxylic acids is 1. The summed E-state index contributed by atoms with van der Waals surface area (Å²) in [5, 5.41) is 14.3. The van der Waals surface area contributed by atoms with Crippen molar-refractivity contribution < 1.29 is 24.2 Å². The highest BCUT2D eigenvalue weighted by atomic mass is 16.5. The Bertz CT molecular complexity index is 958. The van der Waals surface area contributed by atoms with Gasteiger partial charge in [0.1, 0.15) is 12.6 Å². The van der Waals surface area contributed by atoms with Crippen LogP contribution in [0.15, 0.2) is 48.5 Å². The zero-order valence-electron chi connectivity index (χ0n) is 19.3. The molecular formula is C26H32N2O5. The van der Waals surface area contributed by atoms with Crippen molar-refractivity contribution in [3.05, 3.63) is 59.7 Å². The third-order valence-corrected chi connectivity index (χ3v) is 5.98. The smallest absolute Gasteiger partial charge is 0.407 e. The van der Waals surface area contributed by atoms with Crippen molar-refractivity contribution in [2.24, 2.45) is 5.92 Å². The van der Waals surface area contributed by atoms with Crippen molar-refractivity contribution in [1.29, 1.82) is 0 Å². The molecule has 2 aromatic rings. The molecule has 2 atom stereocenters. The first-order valence-electron chi connectivity index (χ1n) is 11.4. The van der Waals surface area contributed by atoms with Gasteiger partial charge in [-0.3, -0.25) is 9.59 Å². The number of carbonyl (C=O) groups is 3. The van der Waals surface area contributed by atoms with E-state index in [1.165, 1.54) is 0 Å². The van der Waals surface area contributed by atoms with Gasteiger partial charge in [-0.2, -0.15) is 0 Å². The molecule has 3 N–H and O–H groups in total. The minimum absolute atomic E-state index is 0.0521. The van der Waals surface area contributed by atoms with Crippen molar-refractivity contribution in [3.8, 4) is 11.1 Å². The highest BCUT2D eigenvalue weighted by Crippen LogP contribution is 2.44. The molecule has 0 fully saturated rings. The lowest BCUT2D eigenvalue weighted by molar-refractivity contribution is -0.137. The molecule has 33 heavy (non-hydrogen) atoms. The maximum Gasteiger partial charge on any atom is 0.407 e. The van der Waals surface area contributed by atoms with E-state index in [0.717, 1.165) is 22.3 Å². The van der Waals surface area contributed by atoms with Crippen molar-refractivity contribution >= 4 is 18.0 Å².